The Morgan fingerprint density at radius 1 is 1.13 bits per heavy atom. The van der Waals surface area contributed by atoms with Gasteiger partial charge in [0.25, 0.3) is 0 Å². The van der Waals surface area contributed by atoms with Gasteiger partial charge in [-0.15, -0.1) is 0 Å². The van der Waals surface area contributed by atoms with Crippen molar-refractivity contribution in [3.05, 3.63) is 76.0 Å². The van der Waals surface area contributed by atoms with Gasteiger partial charge in [-0.1, -0.05) is 40.2 Å². The summed E-state index contributed by atoms with van der Waals surface area (Å²) in [6, 6.07) is 15.1. The summed E-state index contributed by atoms with van der Waals surface area (Å²) in [7, 11) is -3.21. The molecule has 2 aromatic rings. The Morgan fingerprint density at radius 2 is 1.83 bits per heavy atom. The lowest BCUT2D eigenvalue weighted by molar-refractivity contribution is 0.601. The molecule has 0 amide bonds. The standard InChI is InChI=1S/C17H17BrN2O2S/c1-23(21,22)15-7-5-12(6-8-15)17(10-16(19)20-11-17)13-3-2-4-14(18)9-13/h2-10,20H,11,19H2,1H3. The maximum Gasteiger partial charge on any atom is 0.175 e. The van der Waals surface area contributed by atoms with E-state index >= 15 is 0 Å². The minimum absolute atomic E-state index is 0.313. The minimum Gasteiger partial charge on any atom is -0.386 e. The van der Waals surface area contributed by atoms with E-state index in [9.17, 15) is 8.42 Å². The van der Waals surface area contributed by atoms with E-state index in [0.717, 1.165) is 15.6 Å². The molecule has 0 spiro atoms. The molecule has 4 nitrogen and oxygen atoms in total. The number of nitrogens with one attached hydrogen (secondary N) is 1. The van der Waals surface area contributed by atoms with E-state index in [1.54, 1.807) is 12.1 Å². The fraction of sp³-hybridized carbons (Fsp3) is 0.176. The van der Waals surface area contributed by atoms with Gasteiger partial charge in [-0.2, -0.15) is 0 Å². The van der Waals surface area contributed by atoms with Gasteiger partial charge >= 0.3 is 0 Å². The summed E-state index contributed by atoms with van der Waals surface area (Å²) >= 11 is 3.51. The van der Waals surface area contributed by atoms with Crippen LogP contribution in [0.4, 0.5) is 0 Å². The van der Waals surface area contributed by atoms with Crippen molar-refractivity contribution in [3.8, 4) is 0 Å². The maximum atomic E-state index is 11.7. The first-order valence-electron chi connectivity index (χ1n) is 7.10. The number of hydrogen-bond acceptors (Lipinski definition) is 4. The molecule has 1 aliphatic heterocycles. The molecule has 120 valence electrons. The quantitative estimate of drug-likeness (QED) is 0.841. The molecule has 3 N–H and O–H groups in total. The third kappa shape index (κ3) is 3.01. The molecular formula is C17H17BrN2O2S. The summed E-state index contributed by atoms with van der Waals surface area (Å²) in [5.74, 6) is 0.622. The van der Waals surface area contributed by atoms with Crippen LogP contribution in [0.25, 0.3) is 0 Å². The van der Waals surface area contributed by atoms with Crippen molar-refractivity contribution in [2.75, 3.05) is 12.8 Å². The molecule has 6 heteroatoms. The van der Waals surface area contributed by atoms with Crippen LogP contribution in [0.2, 0.25) is 0 Å². The first-order chi connectivity index (χ1) is 10.8. The first kappa shape index (κ1) is 16.1. The van der Waals surface area contributed by atoms with Crippen LogP contribution < -0.4 is 11.1 Å². The zero-order valence-electron chi connectivity index (χ0n) is 12.6. The third-order valence-electron chi connectivity index (χ3n) is 4.11. The Morgan fingerprint density at radius 3 is 2.35 bits per heavy atom. The van der Waals surface area contributed by atoms with Gasteiger partial charge in [0.15, 0.2) is 9.84 Å². The lowest BCUT2D eigenvalue weighted by Crippen LogP contribution is -2.31. The van der Waals surface area contributed by atoms with Crippen molar-refractivity contribution in [2.24, 2.45) is 5.73 Å². The van der Waals surface area contributed by atoms with Crippen molar-refractivity contribution in [3.63, 3.8) is 0 Å². The molecule has 0 fully saturated rings. The second kappa shape index (κ2) is 5.69. The van der Waals surface area contributed by atoms with Crippen molar-refractivity contribution < 1.29 is 8.42 Å². The van der Waals surface area contributed by atoms with Crippen molar-refractivity contribution in [1.29, 1.82) is 0 Å². The van der Waals surface area contributed by atoms with Crippen LogP contribution >= 0.6 is 15.9 Å². The highest BCUT2D eigenvalue weighted by Crippen LogP contribution is 2.38. The topological polar surface area (TPSA) is 72.2 Å². The van der Waals surface area contributed by atoms with Crippen LogP contribution in [0, 0.1) is 0 Å². The number of nitrogens with two attached hydrogens (primary N) is 1. The molecule has 3 rings (SSSR count). The van der Waals surface area contributed by atoms with Gasteiger partial charge in [-0.3, -0.25) is 0 Å². The molecule has 1 aliphatic rings. The van der Waals surface area contributed by atoms with Crippen LogP contribution in [0.15, 0.2) is 69.8 Å². The maximum absolute atomic E-state index is 11.7. The van der Waals surface area contributed by atoms with E-state index < -0.39 is 15.3 Å². The summed E-state index contributed by atoms with van der Waals surface area (Å²) in [4.78, 5) is 0.313. The highest BCUT2D eigenvalue weighted by Gasteiger charge is 2.36. The Kier molecular flexibility index (Phi) is 3.98. The van der Waals surface area contributed by atoms with Crippen LogP contribution in [0.3, 0.4) is 0 Å². The molecule has 0 radical (unpaired) electrons. The third-order valence-corrected chi connectivity index (χ3v) is 5.73. The highest BCUT2D eigenvalue weighted by molar-refractivity contribution is 9.10. The van der Waals surface area contributed by atoms with E-state index in [0.29, 0.717) is 17.3 Å². The van der Waals surface area contributed by atoms with Crippen molar-refractivity contribution in [1.82, 2.24) is 5.32 Å². The van der Waals surface area contributed by atoms with Crippen LogP contribution in [-0.2, 0) is 15.3 Å². The van der Waals surface area contributed by atoms with E-state index in [2.05, 4.69) is 27.3 Å². The van der Waals surface area contributed by atoms with Crippen molar-refractivity contribution in [2.45, 2.75) is 10.3 Å². The summed E-state index contributed by atoms with van der Waals surface area (Å²) in [6.07, 6.45) is 3.20. The molecule has 0 aliphatic carbocycles. The number of rotatable bonds is 3. The number of sulfone groups is 1. The summed E-state index contributed by atoms with van der Waals surface area (Å²) in [6.45, 7) is 0.632. The van der Waals surface area contributed by atoms with E-state index in [4.69, 9.17) is 5.73 Å². The molecule has 0 saturated carbocycles. The zero-order valence-corrected chi connectivity index (χ0v) is 15.0. The lowest BCUT2D eigenvalue weighted by Gasteiger charge is -2.28. The molecule has 0 aromatic heterocycles. The minimum atomic E-state index is -3.21. The Labute approximate surface area is 144 Å². The second-order valence-electron chi connectivity index (χ2n) is 5.73. The van der Waals surface area contributed by atoms with Gasteiger partial charge in [-0.25, -0.2) is 8.42 Å². The van der Waals surface area contributed by atoms with Crippen LogP contribution in [0.1, 0.15) is 11.1 Å². The molecule has 0 saturated heterocycles. The predicted octanol–water partition coefficient (Wildman–Crippen LogP) is 2.54. The Hall–Kier alpha value is -1.79. The average molecular weight is 393 g/mol. The van der Waals surface area contributed by atoms with E-state index in [1.165, 1.54) is 6.26 Å². The molecule has 1 unspecified atom stereocenters. The normalized spacial score (nSPS) is 20.9. The Balaban J connectivity index is 2.15. The predicted molar refractivity (Wildman–Crippen MR) is 94.7 cm³/mol. The average Bonchev–Trinajstić information content (AvgIpc) is 2.90. The molecule has 1 atom stereocenters. The number of halogens is 1. The van der Waals surface area contributed by atoms with Crippen LogP contribution in [-0.4, -0.2) is 21.2 Å². The van der Waals surface area contributed by atoms with Gasteiger partial charge in [-0.05, 0) is 41.5 Å². The van der Waals surface area contributed by atoms with Gasteiger partial charge in [0.1, 0.15) is 0 Å². The fourth-order valence-electron chi connectivity index (χ4n) is 2.91. The van der Waals surface area contributed by atoms with Crippen molar-refractivity contribution >= 4 is 25.8 Å². The van der Waals surface area contributed by atoms with E-state index in [-0.39, 0.29) is 0 Å². The first-order valence-corrected chi connectivity index (χ1v) is 9.78. The Bertz CT molecular complexity index is 876. The summed E-state index contributed by atoms with van der Waals surface area (Å²) in [5.41, 5.74) is 7.64. The highest BCUT2D eigenvalue weighted by atomic mass is 79.9. The molecular weight excluding hydrogens is 376 g/mol. The zero-order chi connectivity index (χ0) is 16.7. The van der Waals surface area contributed by atoms with E-state index in [1.807, 2.05) is 36.4 Å². The SMILES string of the molecule is CS(=O)(=O)c1ccc(C2(c3cccc(Br)c3)C=C(N)NC2)cc1. The van der Waals surface area contributed by atoms with Gasteiger partial charge in [0.2, 0.25) is 0 Å². The fourth-order valence-corrected chi connectivity index (χ4v) is 3.94. The summed E-state index contributed by atoms with van der Waals surface area (Å²) < 4.78 is 24.3. The smallest absolute Gasteiger partial charge is 0.175 e. The summed E-state index contributed by atoms with van der Waals surface area (Å²) in [5, 5.41) is 3.18. The number of benzene rings is 2. The molecule has 0 bridgehead atoms. The molecule has 1 heterocycles. The lowest BCUT2D eigenvalue weighted by atomic mass is 9.75. The van der Waals surface area contributed by atoms with Crippen LogP contribution in [0.5, 0.6) is 0 Å². The largest absolute Gasteiger partial charge is 0.386 e. The van der Waals surface area contributed by atoms with Gasteiger partial charge < -0.3 is 11.1 Å². The monoisotopic (exact) mass is 392 g/mol. The van der Waals surface area contributed by atoms with Gasteiger partial charge in [0.05, 0.1) is 16.1 Å². The number of hydrogen-bond donors (Lipinski definition) is 2. The van der Waals surface area contributed by atoms with Gasteiger partial charge in [0, 0.05) is 17.3 Å². The molecule has 23 heavy (non-hydrogen) atoms. The molecule has 2 aromatic carbocycles. The second-order valence-corrected chi connectivity index (χ2v) is 8.66.